The third kappa shape index (κ3) is 2.56. The second-order valence-electron chi connectivity index (χ2n) is 4.20. The van der Waals surface area contributed by atoms with Crippen LogP contribution in [-0.2, 0) is 0 Å². The quantitative estimate of drug-likeness (QED) is 0.666. The fraction of sp³-hybridized carbons (Fsp3) is 0.0714. The van der Waals surface area contributed by atoms with E-state index >= 15 is 0 Å². The van der Waals surface area contributed by atoms with Gasteiger partial charge in [0.25, 0.3) is 0 Å². The number of carbonyl (C=O) groups excluding carboxylic acids is 1. The van der Waals surface area contributed by atoms with Crippen molar-refractivity contribution < 1.29 is 23.1 Å². The van der Waals surface area contributed by atoms with E-state index in [1.807, 2.05) is 0 Å². The predicted octanol–water partition coefficient (Wildman–Crippen LogP) is 1.96. The Hall–Kier alpha value is -2.74. The van der Waals surface area contributed by atoms with Gasteiger partial charge in [0.2, 0.25) is 5.78 Å². The van der Waals surface area contributed by atoms with Crippen LogP contribution < -0.4 is 5.73 Å². The topological polar surface area (TPSA) is 89.1 Å². The van der Waals surface area contributed by atoms with Crippen molar-refractivity contribution >= 4 is 17.7 Å². The maximum Gasteiger partial charge on any atom is 0.207 e. The Labute approximate surface area is 122 Å². The molecule has 0 spiro atoms. The van der Waals surface area contributed by atoms with Crippen LogP contribution in [-0.4, -0.2) is 27.5 Å². The molecule has 1 aromatic carbocycles. The van der Waals surface area contributed by atoms with Gasteiger partial charge in [0.1, 0.15) is 18.1 Å². The number of nitrogens with two attached hydrogens (primary N) is 1. The molecule has 0 bridgehead atoms. The molecule has 2 aromatic rings. The molecule has 0 unspecified atom stereocenters. The van der Waals surface area contributed by atoms with E-state index in [-0.39, 0.29) is 17.1 Å². The zero-order valence-corrected chi connectivity index (χ0v) is 11.1. The van der Waals surface area contributed by atoms with Crippen LogP contribution in [0.15, 0.2) is 18.7 Å². The summed E-state index contributed by atoms with van der Waals surface area (Å²) in [4.78, 5) is 19.2. The summed E-state index contributed by atoms with van der Waals surface area (Å²) in [7, 11) is 0. The largest absolute Gasteiger partial charge is 0.388 e. The summed E-state index contributed by atoms with van der Waals surface area (Å²) >= 11 is 0. The zero-order valence-electron chi connectivity index (χ0n) is 11.1. The van der Waals surface area contributed by atoms with Gasteiger partial charge in [-0.1, -0.05) is 12.7 Å². The Bertz CT molecular complexity index is 778. The molecule has 0 saturated carbocycles. The van der Waals surface area contributed by atoms with E-state index < -0.39 is 41.2 Å². The molecule has 8 heteroatoms. The second kappa shape index (κ2) is 5.94. The molecule has 5 nitrogen and oxygen atoms in total. The van der Waals surface area contributed by atoms with Crippen LogP contribution in [0.25, 0.3) is 17.5 Å². The molecule has 0 aliphatic heterocycles. The van der Waals surface area contributed by atoms with Crippen LogP contribution in [0, 0.1) is 17.5 Å². The predicted molar refractivity (Wildman–Crippen MR) is 73.3 cm³/mol. The van der Waals surface area contributed by atoms with Gasteiger partial charge in [-0.05, 0) is 12.1 Å². The number of aliphatic hydroxyl groups is 1. The van der Waals surface area contributed by atoms with Crippen molar-refractivity contribution in [3.05, 3.63) is 47.4 Å². The van der Waals surface area contributed by atoms with Crippen molar-refractivity contribution in [3.63, 3.8) is 0 Å². The van der Waals surface area contributed by atoms with Crippen molar-refractivity contribution in [1.82, 2.24) is 9.97 Å². The molecular formula is C14H10F3N3O2. The molecule has 2 rings (SSSR count). The van der Waals surface area contributed by atoms with Gasteiger partial charge in [-0.3, -0.25) is 4.79 Å². The average Bonchev–Trinajstić information content (AvgIpc) is 2.51. The number of nitrogen functional groups attached to an aromatic ring is 1. The summed E-state index contributed by atoms with van der Waals surface area (Å²) in [5.74, 6) is -5.98. The third-order valence-electron chi connectivity index (χ3n) is 2.86. The highest BCUT2D eigenvalue weighted by Gasteiger charge is 2.21. The maximum atomic E-state index is 13.8. The summed E-state index contributed by atoms with van der Waals surface area (Å²) in [5.41, 5.74) is 4.94. The van der Waals surface area contributed by atoms with Crippen molar-refractivity contribution in [2.75, 3.05) is 12.3 Å². The van der Waals surface area contributed by atoms with Gasteiger partial charge in [0.15, 0.2) is 23.3 Å². The SMILES string of the molecule is C=Cc1c(N)nc(-c2ccc(F)c(F)c2F)nc1C(=O)CO. The number of nitrogens with zero attached hydrogens (tertiary/aromatic N) is 2. The molecule has 1 heterocycles. The summed E-state index contributed by atoms with van der Waals surface area (Å²) in [6.07, 6.45) is 1.20. The molecule has 0 fully saturated rings. The molecule has 0 atom stereocenters. The number of carbonyl (C=O) groups is 1. The first kappa shape index (κ1) is 15.6. The first-order valence-electron chi connectivity index (χ1n) is 5.98. The zero-order chi connectivity index (χ0) is 16.4. The highest BCUT2D eigenvalue weighted by Crippen LogP contribution is 2.26. The maximum absolute atomic E-state index is 13.8. The van der Waals surface area contributed by atoms with E-state index in [0.29, 0.717) is 6.07 Å². The van der Waals surface area contributed by atoms with Gasteiger partial charge in [-0.25, -0.2) is 23.1 Å². The molecule has 22 heavy (non-hydrogen) atoms. The minimum absolute atomic E-state index is 0.0609. The molecule has 3 N–H and O–H groups in total. The van der Waals surface area contributed by atoms with Crippen LogP contribution >= 0.6 is 0 Å². The highest BCUT2D eigenvalue weighted by atomic mass is 19.2. The lowest BCUT2D eigenvalue weighted by molar-refractivity contribution is 0.0898. The van der Waals surface area contributed by atoms with Crippen molar-refractivity contribution in [1.29, 1.82) is 0 Å². The van der Waals surface area contributed by atoms with Crippen molar-refractivity contribution in [2.45, 2.75) is 0 Å². The summed E-state index contributed by atoms with van der Waals surface area (Å²) in [6.45, 7) is 2.57. The number of rotatable bonds is 4. The van der Waals surface area contributed by atoms with Crippen LogP contribution in [0.3, 0.4) is 0 Å². The number of halogens is 3. The van der Waals surface area contributed by atoms with Gasteiger partial charge in [-0.2, -0.15) is 0 Å². The van der Waals surface area contributed by atoms with Crippen LogP contribution in [0.1, 0.15) is 16.1 Å². The number of benzene rings is 1. The lowest BCUT2D eigenvalue weighted by Gasteiger charge is -2.10. The molecule has 0 radical (unpaired) electrons. The number of aromatic nitrogens is 2. The summed E-state index contributed by atoms with van der Waals surface area (Å²) in [5, 5.41) is 8.93. The Balaban J connectivity index is 2.73. The first-order valence-corrected chi connectivity index (χ1v) is 5.98. The molecule has 0 aliphatic carbocycles. The Kier molecular flexibility index (Phi) is 4.22. The van der Waals surface area contributed by atoms with Crippen molar-refractivity contribution in [3.8, 4) is 11.4 Å². The molecule has 0 amide bonds. The fourth-order valence-corrected chi connectivity index (χ4v) is 1.79. The normalized spacial score (nSPS) is 10.5. The second-order valence-corrected chi connectivity index (χ2v) is 4.20. The van der Waals surface area contributed by atoms with E-state index in [2.05, 4.69) is 16.5 Å². The molecule has 0 saturated heterocycles. The van der Waals surface area contributed by atoms with Crippen LogP contribution in [0.5, 0.6) is 0 Å². The monoisotopic (exact) mass is 309 g/mol. The number of hydrogen-bond acceptors (Lipinski definition) is 5. The summed E-state index contributed by atoms with van der Waals surface area (Å²) in [6, 6.07) is 1.62. The highest BCUT2D eigenvalue weighted by molar-refractivity contribution is 6.00. The van der Waals surface area contributed by atoms with E-state index in [0.717, 1.165) is 6.07 Å². The molecule has 114 valence electrons. The number of Topliss-reactive ketones (excluding diaryl/α,β-unsaturated/α-hetero) is 1. The standard InChI is InChI=1S/C14H10F3N3O2/c1-2-6-12(9(22)5-21)19-14(20-13(6)18)7-3-4-8(15)11(17)10(7)16/h2-4,21H,1,5H2,(H2,18,19,20). The number of ketones is 1. The van der Waals surface area contributed by atoms with Crippen molar-refractivity contribution in [2.24, 2.45) is 0 Å². The smallest absolute Gasteiger partial charge is 0.207 e. The van der Waals surface area contributed by atoms with E-state index in [1.54, 1.807) is 0 Å². The number of anilines is 1. The summed E-state index contributed by atoms with van der Waals surface area (Å²) < 4.78 is 40.0. The molecular weight excluding hydrogens is 299 g/mol. The fourth-order valence-electron chi connectivity index (χ4n) is 1.79. The van der Waals surface area contributed by atoms with Gasteiger partial charge in [0.05, 0.1) is 5.56 Å². The van der Waals surface area contributed by atoms with Gasteiger partial charge >= 0.3 is 0 Å². The van der Waals surface area contributed by atoms with Gasteiger partial charge in [0, 0.05) is 5.56 Å². The van der Waals surface area contributed by atoms with Gasteiger partial charge in [-0.15, -0.1) is 0 Å². The number of hydrogen-bond donors (Lipinski definition) is 2. The van der Waals surface area contributed by atoms with E-state index in [9.17, 15) is 18.0 Å². The lowest BCUT2D eigenvalue weighted by atomic mass is 10.1. The lowest BCUT2D eigenvalue weighted by Crippen LogP contribution is -2.13. The van der Waals surface area contributed by atoms with E-state index in [4.69, 9.17) is 10.8 Å². The van der Waals surface area contributed by atoms with Gasteiger partial charge < -0.3 is 10.8 Å². The minimum Gasteiger partial charge on any atom is -0.388 e. The Morgan fingerprint density at radius 2 is 1.95 bits per heavy atom. The molecule has 0 aliphatic rings. The Morgan fingerprint density at radius 3 is 2.55 bits per heavy atom. The molecule has 1 aromatic heterocycles. The third-order valence-corrected chi connectivity index (χ3v) is 2.86. The number of aliphatic hydroxyl groups excluding tert-OH is 1. The average molecular weight is 309 g/mol. The van der Waals surface area contributed by atoms with Crippen LogP contribution in [0.2, 0.25) is 0 Å². The first-order chi connectivity index (χ1) is 10.4. The minimum atomic E-state index is -1.69. The van der Waals surface area contributed by atoms with E-state index in [1.165, 1.54) is 6.08 Å². The Morgan fingerprint density at radius 1 is 1.27 bits per heavy atom. The van der Waals surface area contributed by atoms with Crippen LogP contribution in [0.4, 0.5) is 19.0 Å².